The van der Waals surface area contributed by atoms with Gasteiger partial charge >= 0.3 is 0 Å². The van der Waals surface area contributed by atoms with Gasteiger partial charge in [-0.15, -0.1) is 11.3 Å². The zero-order valence-electron chi connectivity index (χ0n) is 16.1. The van der Waals surface area contributed by atoms with Gasteiger partial charge in [0.1, 0.15) is 0 Å². The highest BCUT2D eigenvalue weighted by atomic mass is 32.1. The zero-order valence-corrected chi connectivity index (χ0v) is 17.0. The molecule has 1 aliphatic heterocycles. The molecule has 0 bridgehead atoms. The third-order valence-corrected chi connectivity index (χ3v) is 6.61. The van der Waals surface area contributed by atoms with Crippen LogP contribution in [-0.2, 0) is 20.9 Å². The van der Waals surface area contributed by atoms with Crippen molar-refractivity contribution >= 4 is 29.1 Å². The fourth-order valence-electron chi connectivity index (χ4n) is 4.06. The van der Waals surface area contributed by atoms with Gasteiger partial charge in [0, 0.05) is 30.9 Å². The van der Waals surface area contributed by atoms with Crippen LogP contribution in [0.5, 0.6) is 0 Å². The molecule has 1 aromatic rings. The summed E-state index contributed by atoms with van der Waals surface area (Å²) >= 11 is 1.59. The number of likely N-dealkylation sites (N-methyl/N-ethyl adjacent to an activating group) is 1. The Hall–Kier alpha value is -1.89. The van der Waals surface area contributed by atoms with Crippen molar-refractivity contribution in [3.05, 3.63) is 22.4 Å². The molecule has 1 aliphatic carbocycles. The Kier molecular flexibility index (Phi) is 6.52. The number of hydrogen-bond acceptors (Lipinski definition) is 4. The van der Waals surface area contributed by atoms with Crippen LogP contribution >= 0.6 is 11.3 Å². The Morgan fingerprint density at radius 1 is 1.30 bits per heavy atom. The van der Waals surface area contributed by atoms with Gasteiger partial charge in [0.25, 0.3) is 0 Å². The van der Waals surface area contributed by atoms with E-state index in [0.717, 1.165) is 36.5 Å². The topological polar surface area (TPSA) is 69.7 Å². The third-order valence-electron chi connectivity index (χ3n) is 5.73. The van der Waals surface area contributed by atoms with Crippen LogP contribution in [-0.4, -0.2) is 53.7 Å². The SMILES string of the molecule is CC1CCC(N2CC(C(=O)N(C)CC(=O)NCc3cccs3)CC2=O)CC1. The van der Waals surface area contributed by atoms with Gasteiger partial charge in [-0.3, -0.25) is 14.4 Å². The number of carbonyl (C=O) groups excluding carboxylic acids is 3. The number of thiophene rings is 1. The molecule has 1 unspecified atom stereocenters. The van der Waals surface area contributed by atoms with Crippen LogP contribution < -0.4 is 5.32 Å². The summed E-state index contributed by atoms with van der Waals surface area (Å²) < 4.78 is 0. The average molecular weight is 392 g/mol. The average Bonchev–Trinajstić information content (AvgIpc) is 3.29. The summed E-state index contributed by atoms with van der Waals surface area (Å²) in [6, 6.07) is 4.19. The van der Waals surface area contributed by atoms with Gasteiger partial charge in [0.15, 0.2) is 0 Å². The van der Waals surface area contributed by atoms with E-state index in [1.165, 1.54) is 4.90 Å². The number of nitrogens with one attached hydrogen (secondary N) is 1. The van der Waals surface area contributed by atoms with E-state index in [-0.39, 0.29) is 42.6 Å². The second kappa shape index (κ2) is 8.87. The molecule has 1 saturated heterocycles. The predicted molar refractivity (Wildman–Crippen MR) is 105 cm³/mol. The van der Waals surface area contributed by atoms with Crippen LogP contribution in [0, 0.1) is 11.8 Å². The van der Waals surface area contributed by atoms with Crippen LogP contribution in [0.25, 0.3) is 0 Å². The van der Waals surface area contributed by atoms with E-state index in [0.29, 0.717) is 13.1 Å². The first-order valence-corrected chi connectivity index (χ1v) is 10.7. The van der Waals surface area contributed by atoms with E-state index < -0.39 is 0 Å². The first kappa shape index (κ1) is 19.9. The fraction of sp³-hybridized carbons (Fsp3) is 0.650. The Bertz CT molecular complexity index is 668. The lowest BCUT2D eigenvalue weighted by molar-refractivity contribution is -0.138. The lowest BCUT2D eigenvalue weighted by Gasteiger charge is -2.33. The Morgan fingerprint density at radius 3 is 2.70 bits per heavy atom. The van der Waals surface area contributed by atoms with Crippen LogP contribution in [0.3, 0.4) is 0 Å². The third kappa shape index (κ3) is 5.09. The Morgan fingerprint density at radius 2 is 2.04 bits per heavy atom. The van der Waals surface area contributed by atoms with Gasteiger partial charge in [-0.1, -0.05) is 13.0 Å². The van der Waals surface area contributed by atoms with E-state index in [1.54, 1.807) is 18.4 Å². The van der Waals surface area contributed by atoms with Crippen molar-refractivity contribution < 1.29 is 14.4 Å². The van der Waals surface area contributed by atoms with Crippen LogP contribution in [0.2, 0.25) is 0 Å². The lowest BCUT2D eigenvalue weighted by atomic mass is 9.86. The van der Waals surface area contributed by atoms with Gasteiger partial charge in [-0.25, -0.2) is 0 Å². The van der Waals surface area contributed by atoms with Crippen LogP contribution in [0.15, 0.2) is 17.5 Å². The van der Waals surface area contributed by atoms with Crippen molar-refractivity contribution in [2.75, 3.05) is 20.1 Å². The van der Waals surface area contributed by atoms with E-state index in [2.05, 4.69) is 12.2 Å². The number of carbonyl (C=O) groups is 3. The zero-order chi connectivity index (χ0) is 19.4. The molecular formula is C20H29N3O3S. The molecule has 2 fully saturated rings. The second-order valence-electron chi connectivity index (χ2n) is 7.91. The second-order valence-corrected chi connectivity index (χ2v) is 8.94. The summed E-state index contributed by atoms with van der Waals surface area (Å²) in [6.45, 7) is 3.26. The summed E-state index contributed by atoms with van der Waals surface area (Å²) in [5, 5.41) is 4.80. The molecule has 7 heteroatoms. The predicted octanol–water partition coefficient (Wildman–Crippen LogP) is 2.25. The summed E-state index contributed by atoms with van der Waals surface area (Å²) in [7, 11) is 1.64. The minimum atomic E-state index is -0.327. The monoisotopic (exact) mass is 391 g/mol. The molecule has 1 atom stereocenters. The van der Waals surface area contributed by atoms with Crippen molar-refractivity contribution in [1.29, 1.82) is 0 Å². The van der Waals surface area contributed by atoms with Crippen LogP contribution in [0.1, 0.15) is 43.9 Å². The maximum absolute atomic E-state index is 12.7. The number of rotatable bonds is 6. The fourth-order valence-corrected chi connectivity index (χ4v) is 4.71. The molecule has 6 nitrogen and oxygen atoms in total. The van der Waals surface area contributed by atoms with Crippen molar-refractivity contribution in [2.24, 2.45) is 11.8 Å². The number of nitrogens with zero attached hydrogens (tertiary/aromatic N) is 2. The quantitative estimate of drug-likeness (QED) is 0.809. The highest BCUT2D eigenvalue weighted by molar-refractivity contribution is 7.09. The minimum Gasteiger partial charge on any atom is -0.350 e. The highest BCUT2D eigenvalue weighted by Gasteiger charge is 2.39. The molecule has 148 valence electrons. The molecule has 2 aliphatic rings. The van der Waals surface area contributed by atoms with Gasteiger partial charge in [0.05, 0.1) is 19.0 Å². The summed E-state index contributed by atoms with van der Waals surface area (Å²) in [4.78, 5) is 41.7. The van der Waals surface area contributed by atoms with Crippen LogP contribution in [0.4, 0.5) is 0 Å². The molecule has 3 amide bonds. The maximum atomic E-state index is 12.7. The van der Waals surface area contributed by atoms with E-state index in [9.17, 15) is 14.4 Å². The van der Waals surface area contributed by atoms with Gasteiger partial charge in [-0.05, 0) is 43.0 Å². The summed E-state index contributed by atoms with van der Waals surface area (Å²) in [5.41, 5.74) is 0. The van der Waals surface area contributed by atoms with E-state index in [1.807, 2.05) is 22.4 Å². The van der Waals surface area contributed by atoms with Crippen molar-refractivity contribution in [3.63, 3.8) is 0 Å². The number of hydrogen-bond donors (Lipinski definition) is 1. The maximum Gasteiger partial charge on any atom is 0.239 e. The first-order valence-electron chi connectivity index (χ1n) is 9.77. The normalized spacial score (nSPS) is 25.5. The molecule has 27 heavy (non-hydrogen) atoms. The molecule has 1 aromatic heterocycles. The molecule has 1 saturated carbocycles. The highest BCUT2D eigenvalue weighted by Crippen LogP contribution is 2.31. The molecule has 0 radical (unpaired) electrons. The molecule has 2 heterocycles. The molecule has 0 spiro atoms. The van der Waals surface area contributed by atoms with Crippen molar-refractivity contribution in [1.82, 2.24) is 15.1 Å². The lowest BCUT2D eigenvalue weighted by Crippen LogP contribution is -2.42. The van der Waals surface area contributed by atoms with Crippen molar-refractivity contribution in [3.8, 4) is 0 Å². The van der Waals surface area contributed by atoms with Crippen molar-refractivity contribution in [2.45, 2.75) is 51.6 Å². The number of likely N-dealkylation sites (tertiary alicyclic amines) is 1. The molecule has 0 aromatic carbocycles. The summed E-state index contributed by atoms with van der Waals surface area (Å²) in [5.74, 6) is 0.202. The minimum absolute atomic E-state index is 0.0237. The smallest absolute Gasteiger partial charge is 0.239 e. The Balaban J connectivity index is 1.46. The van der Waals surface area contributed by atoms with E-state index >= 15 is 0 Å². The standard InChI is InChI=1S/C20H29N3O3S/c1-14-5-7-16(8-6-14)23-12-15(10-19(23)25)20(26)22(2)13-18(24)21-11-17-4-3-9-27-17/h3-4,9,14-16H,5-8,10-13H2,1-2H3,(H,21,24). The van der Waals surface area contributed by atoms with Gasteiger partial charge < -0.3 is 15.1 Å². The first-order chi connectivity index (χ1) is 12.9. The van der Waals surface area contributed by atoms with Gasteiger partial charge in [-0.2, -0.15) is 0 Å². The largest absolute Gasteiger partial charge is 0.350 e. The Labute approximate surface area is 164 Å². The summed E-state index contributed by atoms with van der Waals surface area (Å²) in [6.07, 6.45) is 4.64. The molecule has 3 rings (SSSR count). The van der Waals surface area contributed by atoms with E-state index in [4.69, 9.17) is 0 Å². The molecule has 1 N–H and O–H groups in total. The number of amides is 3. The molecular weight excluding hydrogens is 362 g/mol. The van der Waals surface area contributed by atoms with Gasteiger partial charge in [0.2, 0.25) is 17.7 Å².